The van der Waals surface area contributed by atoms with Crippen LogP contribution in [-0.2, 0) is 9.47 Å². The third kappa shape index (κ3) is 25.5. The Morgan fingerprint density at radius 1 is 0.447 bits per heavy atom. The van der Waals surface area contributed by atoms with Gasteiger partial charge in [0.1, 0.15) is 0 Å². The van der Waals surface area contributed by atoms with Gasteiger partial charge in [-0.3, -0.25) is 0 Å². The number of likely N-dealkylation sites (N-methyl/N-ethyl adjacent to an activating group) is 1. The Labute approximate surface area is 295 Å². The van der Waals surface area contributed by atoms with Crippen molar-refractivity contribution < 1.29 is 9.47 Å². The normalized spacial score (nSPS) is 18.4. The van der Waals surface area contributed by atoms with Crippen LogP contribution in [0.2, 0.25) is 0 Å². The van der Waals surface area contributed by atoms with Crippen molar-refractivity contribution in [1.29, 1.82) is 0 Å². The van der Waals surface area contributed by atoms with Gasteiger partial charge < -0.3 is 14.4 Å². The molecule has 0 N–H and O–H groups in total. The van der Waals surface area contributed by atoms with E-state index in [1.54, 1.807) is 0 Å². The van der Waals surface area contributed by atoms with Crippen molar-refractivity contribution >= 4 is 0 Å². The molecule has 0 saturated carbocycles. The van der Waals surface area contributed by atoms with E-state index in [0.29, 0.717) is 0 Å². The van der Waals surface area contributed by atoms with E-state index in [4.69, 9.17) is 9.47 Å². The zero-order valence-electron chi connectivity index (χ0n) is 32.3. The molecule has 0 bridgehead atoms. The van der Waals surface area contributed by atoms with Gasteiger partial charge in [-0.05, 0) is 97.6 Å². The maximum absolute atomic E-state index is 6.82. The van der Waals surface area contributed by atoms with Gasteiger partial charge in [0.05, 0.1) is 12.2 Å². The molecule has 3 heteroatoms. The standard InChI is InChI=1S/C44H81NO2/c1-6-9-11-13-15-17-19-21-23-25-27-29-31-33-35-37-39-44(46-42(8-3)43(47-44)41-45(4)5)40-38-36-34-32-30-28-26-24-22-20-18-16-14-12-10-7-2/h15-18,21-24,42-43H,6-14,19-20,25-41H2,1-5H3/b17-15-,18-16-,23-21-,24-22-/t42-,43-/m1/s1. The molecule has 1 rings (SSSR count). The highest BCUT2D eigenvalue weighted by Gasteiger charge is 2.45. The van der Waals surface area contributed by atoms with Crippen LogP contribution < -0.4 is 0 Å². The molecule has 0 unspecified atom stereocenters. The van der Waals surface area contributed by atoms with Crippen molar-refractivity contribution in [3.8, 4) is 0 Å². The summed E-state index contributed by atoms with van der Waals surface area (Å²) in [6, 6.07) is 0. The van der Waals surface area contributed by atoms with Gasteiger partial charge in [-0.1, -0.05) is 146 Å². The molecule has 274 valence electrons. The minimum Gasteiger partial charge on any atom is -0.344 e. The molecule has 1 aliphatic rings. The first-order chi connectivity index (χ1) is 23.1. The third-order valence-electron chi connectivity index (χ3n) is 9.61. The summed E-state index contributed by atoms with van der Waals surface area (Å²) in [4.78, 5) is 2.26. The lowest BCUT2D eigenvalue weighted by molar-refractivity contribution is -0.187. The number of unbranched alkanes of at least 4 members (excludes halogenated alkanes) is 18. The highest BCUT2D eigenvalue weighted by Crippen LogP contribution is 2.39. The van der Waals surface area contributed by atoms with Crippen LogP contribution >= 0.6 is 0 Å². The molecule has 1 heterocycles. The van der Waals surface area contributed by atoms with Crippen molar-refractivity contribution in [3.05, 3.63) is 48.6 Å². The van der Waals surface area contributed by atoms with Gasteiger partial charge in [-0.2, -0.15) is 0 Å². The largest absolute Gasteiger partial charge is 0.344 e. The second kappa shape index (κ2) is 32.1. The number of hydrogen-bond acceptors (Lipinski definition) is 3. The molecule has 1 fully saturated rings. The van der Waals surface area contributed by atoms with Gasteiger partial charge in [0.25, 0.3) is 0 Å². The zero-order valence-corrected chi connectivity index (χ0v) is 32.3. The number of allylic oxidation sites excluding steroid dienone is 8. The van der Waals surface area contributed by atoms with Crippen LogP contribution in [0.4, 0.5) is 0 Å². The van der Waals surface area contributed by atoms with Crippen molar-refractivity contribution in [1.82, 2.24) is 4.90 Å². The van der Waals surface area contributed by atoms with Gasteiger partial charge in [0.15, 0.2) is 5.79 Å². The number of nitrogens with zero attached hydrogens (tertiary/aromatic N) is 1. The van der Waals surface area contributed by atoms with Gasteiger partial charge in [-0.25, -0.2) is 0 Å². The number of rotatable bonds is 33. The SMILES string of the molecule is CCCCC/C=C\C/C=C\CCCCCCCCC1(CCCCCCCC/C=C\C/C=C\CCCCC)O[C@H](CC)[C@@H](CN(C)C)O1. The smallest absolute Gasteiger partial charge is 0.169 e. The summed E-state index contributed by atoms with van der Waals surface area (Å²) < 4.78 is 13.6. The second-order valence-corrected chi connectivity index (χ2v) is 14.6. The van der Waals surface area contributed by atoms with E-state index in [1.165, 1.54) is 141 Å². The first-order valence-corrected chi connectivity index (χ1v) is 20.7. The van der Waals surface area contributed by atoms with Gasteiger partial charge in [0, 0.05) is 19.4 Å². The molecular formula is C44H81NO2. The van der Waals surface area contributed by atoms with Crippen molar-refractivity contribution in [2.75, 3.05) is 20.6 Å². The summed E-state index contributed by atoms with van der Waals surface area (Å²) in [5.74, 6) is -0.355. The van der Waals surface area contributed by atoms with Gasteiger partial charge in [0.2, 0.25) is 0 Å². The molecule has 0 spiro atoms. The average molecular weight is 656 g/mol. The summed E-state index contributed by atoms with van der Waals surface area (Å²) in [5, 5.41) is 0. The van der Waals surface area contributed by atoms with E-state index in [0.717, 1.165) is 38.6 Å². The fourth-order valence-corrected chi connectivity index (χ4v) is 6.72. The lowest BCUT2D eigenvalue weighted by Crippen LogP contribution is -2.34. The predicted octanol–water partition coefficient (Wildman–Crippen LogP) is 13.8. The van der Waals surface area contributed by atoms with E-state index in [1.807, 2.05) is 0 Å². The molecule has 0 aromatic carbocycles. The summed E-state index contributed by atoms with van der Waals surface area (Å²) in [7, 11) is 4.31. The highest BCUT2D eigenvalue weighted by molar-refractivity contribution is 4.93. The van der Waals surface area contributed by atoms with Crippen LogP contribution in [0.25, 0.3) is 0 Å². The second-order valence-electron chi connectivity index (χ2n) is 14.6. The van der Waals surface area contributed by atoms with Gasteiger partial charge in [-0.15, -0.1) is 0 Å². The first-order valence-electron chi connectivity index (χ1n) is 20.7. The molecule has 1 aliphatic heterocycles. The molecule has 0 radical (unpaired) electrons. The topological polar surface area (TPSA) is 21.7 Å². The van der Waals surface area contributed by atoms with Gasteiger partial charge >= 0.3 is 0 Å². The maximum Gasteiger partial charge on any atom is 0.169 e. The number of ether oxygens (including phenoxy) is 2. The van der Waals surface area contributed by atoms with Crippen molar-refractivity contribution in [3.63, 3.8) is 0 Å². The molecule has 47 heavy (non-hydrogen) atoms. The Hall–Kier alpha value is -1.16. The fourth-order valence-electron chi connectivity index (χ4n) is 6.72. The first kappa shape index (κ1) is 43.9. The quantitative estimate of drug-likeness (QED) is 0.0519. The Balaban J connectivity index is 2.25. The minimum atomic E-state index is -0.355. The summed E-state index contributed by atoms with van der Waals surface area (Å²) in [6.45, 7) is 7.75. The van der Waals surface area contributed by atoms with Crippen LogP contribution in [0.3, 0.4) is 0 Å². The van der Waals surface area contributed by atoms with E-state index in [2.05, 4.69) is 88.4 Å². The molecule has 3 nitrogen and oxygen atoms in total. The van der Waals surface area contributed by atoms with Crippen LogP contribution in [0.1, 0.15) is 194 Å². The van der Waals surface area contributed by atoms with E-state index in [9.17, 15) is 0 Å². The molecule has 1 saturated heterocycles. The lowest BCUT2D eigenvalue weighted by Gasteiger charge is -2.29. The molecular weight excluding hydrogens is 574 g/mol. The minimum absolute atomic E-state index is 0.198. The fraction of sp³-hybridized carbons (Fsp3) is 0.818. The monoisotopic (exact) mass is 656 g/mol. The predicted molar refractivity (Wildman–Crippen MR) is 209 cm³/mol. The van der Waals surface area contributed by atoms with Crippen LogP contribution in [0.5, 0.6) is 0 Å². The van der Waals surface area contributed by atoms with Crippen LogP contribution in [-0.4, -0.2) is 43.5 Å². The Morgan fingerprint density at radius 3 is 1.19 bits per heavy atom. The molecule has 2 atom stereocenters. The number of hydrogen-bond donors (Lipinski definition) is 0. The van der Waals surface area contributed by atoms with E-state index in [-0.39, 0.29) is 18.0 Å². The molecule has 0 aliphatic carbocycles. The summed E-state index contributed by atoms with van der Waals surface area (Å²) in [5.41, 5.74) is 0. The summed E-state index contributed by atoms with van der Waals surface area (Å²) in [6.07, 6.45) is 53.3. The van der Waals surface area contributed by atoms with Crippen LogP contribution in [0.15, 0.2) is 48.6 Å². The van der Waals surface area contributed by atoms with Crippen molar-refractivity contribution in [2.45, 2.75) is 212 Å². The average Bonchev–Trinajstić information content (AvgIpc) is 3.40. The maximum atomic E-state index is 6.82. The van der Waals surface area contributed by atoms with Crippen molar-refractivity contribution in [2.24, 2.45) is 0 Å². The molecule has 0 amide bonds. The lowest BCUT2D eigenvalue weighted by atomic mass is 9.98. The summed E-state index contributed by atoms with van der Waals surface area (Å²) >= 11 is 0. The van der Waals surface area contributed by atoms with Crippen LogP contribution in [0, 0.1) is 0 Å². The molecule has 0 aromatic heterocycles. The Kier molecular flexibility index (Phi) is 29.9. The Morgan fingerprint density at radius 2 is 0.809 bits per heavy atom. The van der Waals surface area contributed by atoms with E-state index >= 15 is 0 Å². The zero-order chi connectivity index (χ0) is 34.1. The van der Waals surface area contributed by atoms with E-state index < -0.39 is 0 Å². The highest BCUT2D eigenvalue weighted by atomic mass is 16.8. The Bertz CT molecular complexity index is 734. The third-order valence-corrected chi connectivity index (χ3v) is 9.61. The molecule has 0 aromatic rings.